The second-order valence-corrected chi connectivity index (χ2v) is 7.70. The molecule has 0 spiro atoms. The van der Waals surface area contributed by atoms with Crippen LogP contribution in [-0.2, 0) is 9.59 Å². The largest absolute Gasteiger partial charge is 0.548 e. The van der Waals surface area contributed by atoms with Gasteiger partial charge >= 0.3 is 0 Å². The number of hydrogen-bond acceptors (Lipinski definition) is 5. The Labute approximate surface area is 186 Å². The van der Waals surface area contributed by atoms with Crippen LogP contribution in [0.25, 0.3) is 6.08 Å². The summed E-state index contributed by atoms with van der Waals surface area (Å²) in [6.07, 6.45) is 1.63. The van der Waals surface area contributed by atoms with Gasteiger partial charge in [-0.15, -0.1) is 0 Å². The Hall–Kier alpha value is -3.32. The van der Waals surface area contributed by atoms with E-state index in [2.05, 4.69) is 10.6 Å². The fourth-order valence-electron chi connectivity index (χ4n) is 2.74. The number of halogens is 1. The number of rotatable bonds is 9. The third kappa shape index (κ3) is 7.46. The van der Waals surface area contributed by atoms with Gasteiger partial charge in [0.25, 0.3) is 11.8 Å². The van der Waals surface area contributed by atoms with Gasteiger partial charge in [-0.3, -0.25) is 9.59 Å². The summed E-state index contributed by atoms with van der Waals surface area (Å²) < 4.78 is 5.08. The number of carbonyl (C=O) groups excluding carboxylic acids is 3. The molecule has 164 valence electrons. The fourth-order valence-corrected chi connectivity index (χ4v) is 2.87. The van der Waals surface area contributed by atoms with E-state index in [1.54, 1.807) is 48.5 Å². The quantitative estimate of drug-likeness (QED) is 0.578. The maximum atomic E-state index is 12.8. The maximum Gasteiger partial charge on any atom is 0.268 e. The van der Waals surface area contributed by atoms with E-state index in [-0.39, 0.29) is 18.0 Å². The second-order valence-electron chi connectivity index (χ2n) is 7.27. The van der Waals surface area contributed by atoms with E-state index in [1.807, 2.05) is 13.8 Å². The number of benzene rings is 2. The first-order valence-corrected chi connectivity index (χ1v) is 10.0. The zero-order valence-electron chi connectivity index (χ0n) is 17.5. The molecule has 2 N–H and O–H groups in total. The topological polar surface area (TPSA) is 108 Å². The Morgan fingerprint density at radius 1 is 1.06 bits per heavy atom. The van der Waals surface area contributed by atoms with Gasteiger partial charge < -0.3 is 25.3 Å². The van der Waals surface area contributed by atoms with Crippen LogP contribution in [0.15, 0.2) is 54.2 Å². The smallest absolute Gasteiger partial charge is 0.268 e. The molecule has 2 amide bonds. The van der Waals surface area contributed by atoms with Gasteiger partial charge in [0.1, 0.15) is 11.4 Å². The van der Waals surface area contributed by atoms with Gasteiger partial charge in [-0.1, -0.05) is 37.6 Å². The number of carboxylic acids is 1. The normalized spacial score (nSPS) is 12.2. The monoisotopic (exact) mass is 443 g/mol. The molecular weight excluding hydrogens is 420 g/mol. The van der Waals surface area contributed by atoms with Crippen LogP contribution >= 0.6 is 11.6 Å². The highest BCUT2D eigenvalue weighted by Gasteiger charge is 2.20. The van der Waals surface area contributed by atoms with E-state index < -0.39 is 23.8 Å². The average molecular weight is 444 g/mol. The van der Waals surface area contributed by atoms with Crippen LogP contribution in [0.3, 0.4) is 0 Å². The second kappa shape index (κ2) is 11.2. The number of carboxylic acid groups (broad SMARTS) is 1. The summed E-state index contributed by atoms with van der Waals surface area (Å²) in [5.74, 6) is -2.08. The van der Waals surface area contributed by atoms with Gasteiger partial charge in [-0.2, -0.15) is 0 Å². The molecule has 2 aromatic carbocycles. The lowest BCUT2D eigenvalue weighted by Gasteiger charge is -2.22. The molecule has 0 fully saturated rings. The third-order valence-electron chi connectivity index (χ3n) is 4.32. The molecule has 0 heterocycles. The van der Waals surface area contributed by atoms with E-state index in [1.165, 1.54) is 13.2 Å². The minimum atomic E-state index is -1.39. The highest BCUT2D eigenvalue weighted by molar-refractivity contribution is 6.30. The van der Waals surface area contributed by atoms with Crippen molar-refractivity contribution in [1.82, 2.24) is 10.6 Å². The summed E-state index contributed by atoms with van der Waals surface area (Å²) in [5, 5.41) is 16.9. The number of amides is 2. The molecule has 2 aromatic rings. The molecule has 0 radical (unpaired) electrons. The minimum absolute atomic E-state index is 0.0146. The van der Waals surface area contributed by atoms with Crippen molar-refractivity contribution in [3.8, 4) is 5.75 Å². The van der Waals surface area contributed by atoms with Gasteiger partial charge in [0.15, 0.2) is 0 Å². The van der Waals surface area contributed by atoms with Crippen molar-refractivity contribution in [1.29, 1.82) is 0 Å². The van der Waals surface area contributed by atoms with E-state index in [0.717, 1.165) is 0 Å². The summed E-state index contributed by atoms with van der Waals surface area (Å²) in [6.45, 7) is 3.66. The molecule has 0 saturated carbocycles. The molecule has 7 nitrogen and oxygen atoms in total. The number of carbonyl (C=O) groups is 3. The number of aliphatic carboxylic acids is 1. The van der Waals surface area contributed by atoms with E-state index >= 15 is 0 Å². The first-order chi connectivity index (χ1) is 14.7. The summed E-state index contributed by atoms with van der Waals surface area (Å²) in [7, 11) is 1.51. The van der Waals surface area contributed by atoms with Crippen LogP contribution in [0.4, 0.5) is 0 Å². The van der Waals surface area contributed by atoms with Gasteiger partial charge in [-0.25, -0.2) is 0 Å². The van der Waals surface area contributed by atoms with Crippen molar-refractivity contribution in [3.63, 3.8) is 0 Å². The van der Waals surface area contributed by atoms with Crippen LogP contribution in [0.1, 0.15) is 36.2 Å². The Morgan fingerprint density at radius 3 is 2.19 bits per heavy atom. The molecule has 2 rings (SSSR count). The lowest BCUT2D eigenvalue weighted by Crippen LogP contribution is -2.50. The number of methoxy groups -OCH3 is 1. The van der Waals surface area contributed by atoms with E-state index in [9.17, 15) is 19.5 Å². The first-order valence-electron chi connectivity index (χ1n) is 9.64. The molecule has 0 aromatic heterocycles. The SMILES string of the molecule is COc1ccc(C(=O)N/C(=C\c2ccc(Cl)cc2)C(=O)N[C@@H](CC(C)C)C(=O)[O-])cc1. The maximum absolute atomic E-state index is 12.8. The van der Waals surface area contributed by atoms with Crippen molar-refractivity contribution < 1.29 is 24.2 Å². The van der Waals surface area contributed by atoms with Crippen LogP contribution in [0, 0.1) is 5.92 Å². The highest BCUT2D eigenvalue weighted by atomic mass is 35.5. The molecule has 31 heavy (non-hydrogen) atoms. The van der Waals surface area contributed by atoms with E-state index in [4.69, 9.17) is 16.3 Å². The number of ether oxygens (including phenoxy) is 1. The van der Waals surface area contributed by atoms with Crippen molar-refractivity contribution >= 4 is 35.5 Å². The molecule has 0 aliphatic rings. The highest BCUT2D eigenvalue weighted by Crippen LogP contribution is 2.15. The molecule has 0 bridgehead atoms. The molecule has 0 unspecified atom stereocenters. The fraction of sp³-hybridized carbons (Fsp3) is 0.261. The van der Waals surface area contributed by atoms with Gasteiger partial charge in [0.2, 0.25) is 0 Å². The standard InChI is InChI=1S/C23H25ClN2O5/c1-14(2)12-20(23(29)30)26-22(28)19(13-15-4-8-17(24)9-5-15)25-21(27)16-6-10-18(31-3)11-7-16/h4-11,13-14,20H,12H2,1-3H3,(H,25,27)(H,26,28)(H,29,30)/p-1/b19-13-/t20-/m0/s1. The zero-order valence-corrected chi connectivity index (χ0v) is 18.2. The lowest BCUT2D eigenvalue weighted by molar-refractivity contribution is -0.308. The van der Waals surface area contributed by atoms with Crippen LogP contribution in [0.5, 0.6) is 5.75 Å². The minimum Gasteiger partial charge on any atom is -0.548 e. The summed E-state index contributed by atoms with van der Waals surface area (Å²) in [5.41, 5.74) is 0.783. The van der Waals surface area contributed by atoms with Crippen molar-refractivity contribution in [3.05, 3.63) is 70.4 Å². The Kier molecular flexibility index (Phi) is 8.63. The number of nitrogens with one attached hydrogen (secondary N) is 2. The van der Waals surface area contributed by atoms with Gasteiger partial charge in [-0.05, 0) is 60.4 Å². The Morgan fingerprint density at radius 2 is 1.68 bits per heavy atom. The summed E-state index contributed by atoms with van der Waals surface area (Å²) in [4.78, 5) is 37.0. The van der Waals surface area contributed by atoms with Crippen molar-refractivity contribution in [2.24, 2.45) is 5.92 Å². The third-order valence-corrected chi connectivity index (χ3v) is 4.57. The molecule has 8 heteroatoms. The predicted octanol–water partition coefficient (Wildman–Crippen LogP) is 2.40. The Bertz CT molecular complexity index is 953. The van der Waals surface area contributed by atoms with Crippen LogP contribution in [-0.4, -0.2) is 30.9 Å². The van der Waals surface area contributed by atoms with Gasteiger partial charge in [0.05, 0.1) is 19.1 Å². The van der Waals surface area contributed by atoms with E-state index in [0.29, 0.717) is 21.9 Å². The average Bonchev–Trinajstić information content (AvgIpc) is 2.73. The predicted molar refractivity (Wildman–Crippen MR) is 116 cm³/mol. The first kappa shape index (κ1) is 24.0. The lowest BCUT2D eigenvalue weighted by atomic mass is 10.0. The summed E-state index contributed by atoms with van der Waals surface area (Å²) >= 11 is 5.90. The molecular formula is C23H24ClN2O5-. The molecule has 0 aliphatic carbocycles. The van der Waals surface area contributed by atoms with Gasteiger partial charge in [0, 0.05) is 10.6 Å². The molecule has 0 saturated heterocycles. The van der Waals surface area contributed by atoms with Crippen molar-refractivity contribution in [2.75, 3.05) is 7.11 Å². The zero-order chi connectivity index (χ0) is 23.0. The molecule has 0 aliphatic heterocycles. The summed E-state index contributed by atoms with van der Waals surface area (Å²) in [6, 6.07) is 11.7. The molecule has 1 atom stereocenters. The van der Waals surface area contributed by atoms with Crippen LogP contribution in [0.2, 0.25) is 5.02 Å². The van der Waals surface area contributed by atoms with Crippen molar-refractivity contribution in [2.45, 2.75) is 26.3 Å². The van der Waals surface area contributed by atoms with Crippen LogP contribution < -0.4 is 20.5 Å². The Balaban J connectivity index is 2.30. The number of hydrogen-bond donors (Lipinski definition) is 2.